The number of hydrogen-bond donors (Lipinski definition) is 0. The minimum absolute atomic E-state index is 0. The van der Waals surface area contributed by atoms with E-state index < -0.39 is 5.89 Å². The normalized spacial score (nSPS) is 11.7. The largest absolute Gasteiger partial charge is 0.501 e. The number of pyridine rings is 2. The molecule has 4 aromatic heterocycles. The fourth-order valence-electron chi connectivity index (χ4n) is 5.59. The van der Waals surface area contributed by atoms with E-state index in [2.05, 4.69) is 78.4 Å². The van der Waals surface area contributed by atoms with Gasteiger partial charge in [-0.05, 0) is 53.5 Å². The van der Waals surface area contributed by atoms with Gasteiger partial charge in [-0.2, -0.15) is 0 Å². The zero-order valence-electron chi connectivity index (χ0n) is 27.7. The molecule has 4 nitrogen and oxygen atoms in total. The van der Waals surface area contributed by atoms with Crippen molar-refractivity contribution >= 4 is 32.9 Å². The van der Waals surface area contributed by atoms with Crippen molar-refractivity contribution in [2.24, 2.45) is 0 Å². The van der Waals surface area contributed by atoms with Gasteiger partial charge >= 0.3 is 0 Å². The molecule has 0 amide bonds. The topological polar surface area (TPSA) is 52.1 Å². The van der Waals surface area contributed by atoms with E-state index in [1.54, 1.807) is 6.20 Å². The number of benzene rings is 4. The predicted molar refractivity (Wildman–Crippen MR) is 188 cm³/mol. The second-order valence-electron chi connectivity index (χ2n) is 11.9. The summed E-state index contributed by atoms with van der Waals surface area (Å²) in [6, 6.07) is 42.6. The van der Waals surface area contributed by atoms with Crippen molar-refractivity contribution in [2.75, 3.05) is 0 Å². The number of aromatic nitrogens is 2. The van der Waals surface area contributed by atoms with Gasteiger partial charge < -0.3 is 18.8 Å². The molecule has 0 spiro atoms. The first kappa shape index (κ1) is 30.8. The van der Waals surface area contributed by atoms with Gasteiger partial charge in [0.25, 0.3) is 0 Å². The van der Waals surface area contributed by atoms with E-state index in [1.165, 1.54) is 5.56 Å². The molecule has 0 aliphatic heterocycles. The van der Waals surface area contributed by atoms with Gasteiger partial charge in [0.1, 0.15) is 16.9 Å². The van der Waals surface area contributed by atoms with Crippen molar-refractivity contribution in [3.8, 4) is 33.8 Å². The van der Waals surface area contributed by atoms with Crippen LogP contribution in [0.15, 0.2) is 130 Å². The molecule has 4 heterocycles. The molecular weight excluding hydrogens is 757 g/mol. The van der Waals surface area contributed by atoms with Crippen LogP contribution in [0.2, 0.25) is 0 Å². The maximum absolute atomic E-state index is 7.99. The van der Waals surface area contributed by atoms with Crippen molar-refractivity contribution in [2.45, 2.75) is 39.5 Å². The van der Waals surface area contributed by atoms with Crippen LogP contribution in [0.3, 0.4) is 0 Å². The van der Waals surface area contributed by atoms with E-state index in [0.29, 0.717) is 5.92 Å². The van der Waals surface area contributed by atoms with Crippen LogP contribution in [-0.4, -0.2) is 9.97 Å². The molecule has 8 aromatic rings. The molecule has 0 saturated carbocycles. The molecule has 5 heteroatoms. The first-order valence-electron chi connectivity index (χ1n) is 16.0. The third-order valence-corrected chi connectivity index (χ3v) is 8.16. The Kier molecular flexibility index (Phi) is 9.10. The number of fused-ring (bicyclic) bond motifs is 4. The van der Waals surface area contributed by atoms with E-state index in [0.717, 1.165) is 72.3 Å². The Bertz CT molecular complexity index is 2320. The zero-order chi connectivity index (χ0) is 32.5. The van der Waals surface area contributed by atoms with Crippen LogP contribution in [-0.2, 0) is 20.1 Å². The van der Waals surface area contributed by atoms with Gasteiger partial charge in [-0.3, -0.25) is 0 Å². The number of nitrogens with zero attached hydrogens (tertiary/aromatic N) is 2. The van der Waals surface area contributed by atoms with E-state index in [4.69, 9.17) is 10.2 Å². The number of rotatable bonds is 5. The standard InChI is InChI=1S/C28H20NO2.C14H14N.Ir/c1-17(2)19-11-12-29-24(13-19)22-10-6-9-21-23-16-26-20(15-27(23)31-28(21)22)14-25(30-26)18-7-4-3-5-8-18;1-11(2)13-8-9-15-14(10-13)12-6-4-3-5-7-12;/h3-9,11-17H,1-2H3;3-6,8-11H,1-2H3;/q2*-1;/i;11D;. The Hall–Kier alpha value is -4.83. The van der Waals surface area contributed by atoms with E-state index >= 15 is 0 Å². The zero-order valence-corrected chi connectivity index (χ0v) is 29.1. The van der Waals surface area contributed by atoms with Crippen molar-refractivity contribution in [1.29, 1.82) is 0 Å². The number of furan rings is 2. The van der Waals surface area contributed by atoms with E-state index in [-0.39, 0.29) is 20.1 Å². The first-order chi connectivity index (χ1) is 22.7. The summed E-state index contributed by atoms with van der Waals surface area (Å²) in [4.78, 5) is 8.90. The average Bonchev–Trinajstić information content (AvgIpc) is 3.68. The monoisotopic (exact) mass is 792 g/mol. The van der Waals surface area contributed by atoms with Crippen LogP contribution in [0.5, 0.6) is 0 Å². The predicted octanol–water partition coefficient (Wildman–Crippen LogP) is 11.7. The second-order valence-corrected chi connectivity index (χ2v) is 11.9. The van der Waals surface area contributed by atoms with Crippen LogP contribution in [0.25, 0.3) is 66.7 Å². The van der Waals surface area contributed by atoms with Gasteiger partial charge in [0.15, 0.2) is 0 Å². The van der Waals surface area contributed by atoms with E-state index in [1.807, 2.05) is 86.8 Å². The molecule has 1 radical (unpaired) electrons. The average molecular weight is 792 g/mol. The van der Waals surface area contributed by atoms with Crippen LogP contribution >= 0.6 is 0 Å². The molecule has 0 aliphatic rings. The summed E-state index contributed by atoms with van der Waals surface area (Å²) in [6.07, 6.45) is 3.61. The van der Waals surface area contributed by atoms with Crippen molar-refractivity contribution < 1.29 is 30.3 Å². The summed E-state index contributed by atoms with van der Waals surface area (Å²) in [7, 11) is 0. The summed E-state index contributed by atoms with van der Waals surface area (Å²) in [5, 5.41) is 3.10. The minimum atomic E-state index is -0.591. The van der Waals surface area contributed by atoms with Crippen molar-refractivity contribution in [3.63, 3.8) is 0 Å². The van der Waals surface area contributed by atoms with Crippen LogP contribution < -0.4 is 0 Å². The van der Waals surface area contributed by atoms with Crippen LogP contribution in [0, 0.1) is 12.1 Å². The molecule has 0 atom stereocenters. The summed E-state index contributed by atoms with van der Waals surface area (Å²) >= 11 is 0. The Labute approximate surface area is 290 Å². The Morgan fingerprint density at radius 2 is 1.40 bits per heavy atom. The van der Waals surface area contributed by atoms with Gasteiger partial charge in [0, 0.05) is 50.2 Å². The smallest absolute Gasteiger partial charge is 0.135 e. The maximum atomic E-state index is 7.99. The molecule has 0 fully saturated rings. The second kappa shape index (κ2) is 13.9. The molecule has 0 N–H and O–H groups in total. The number of hydrogen-bond acceptors (Lipinski definition) is 4. The van der Waals surface area contributed by atoms with Gasteiger partial charge in [0.2, 0.25) is 0 Å². The van der Waals surface area contributed by atoms with Crippen LogP contribution in [0.4, 0.5) is 0 Å². The molecule has 0 saturated heterocycles. The molecule has 235 valence electrons. The molecule has 0 bridgehead atoms. The van der Waals surface area contributed by atoms with E-state index in [9.17, 15) is 0 Å². The van der Waals surface area contributed by atoms with Crippen LogP contribution in [0.1, 0.15) is 52.0 Å². The molecule has 47 heavy (non-hydrogen) atoms. The Morgan fingerprint density at radius 1 is 0.660 bits per heavy atom. The first-order valence-corrected chi connectivity index (χ1v) is 15.5. The quantitative estimate of drug-likeness (QED) is 0.163. The van der Waals surface area contributed by atoms with Crippen molar-refractivity contribution in [1.82, 2.24) is 9.97 Å². The van der Waals surface area contributed by atoms with Gasteiger partial charge in [0.05, 0.1) is 5.58 Å². The molecule has 0 unspecified atom stereocenters. The molecule has 8 rings (SSSR count). The summed E-state index contributed by atoms with van der Waals surface area (Å²) < 4.78 is 20.5. The van der Waals surface area contributed by atoms with Crippen molar-refractivity contribution in [3.05, 3.63) is 145 Å². The van der Waals surface area contributed by atoms with Gasteiger partial charge in [-0.25, -0.2) is 0 Å². The third kappa shape index (κ3) is 6.69. The minimum Gasteiger partial charge on any atom is -0.501 e. The molecular formula is C42H34IrN2O2-2. The summed E-state index contributed by atoms with van der Waals surface area (Å²) in [5.41, 5.74) is 9.38. The van der Waals surface area contributed by atoms with Gasteiger partial charge in [-0.15, -0.1) is 54.1 Å². The van der Waals surface area contributed by atoms with Gasteiger partial charge in [-0.1, -0.05) is 92.2 Å². The maximum Gasteiger partial charge on any atom is 0.135 e. The molecule has 0 aliphatic carbocycles. The third-order valence-electron chi connectivity index (χ3n) is 8.16. The summed E-state index contributed by atoms with van der Waals surface area (Å²) in [5.74, 6) is 0.700. The summed E-state index contributed by atoms with van der Waals surface area (Å²) in [6.45, 7) is 8.12. The molecule has 4 aromatic carbocycles. The fourth-order valence-corrected chi connectivity index (χ4v) is 5.59. The Balaban J connectivity index is 0.000000201. The fraction of sp³-hybridized carbons (Fsp3) is 0.143. The SMILES string of the molecule is CC(C)c1ccnc(-c2[c-]ccc3c2oc2cc4cc(-c5ccccc5)oc4cc23)c1.[2H]C(C)(C)c1ccnc(-c2[c-]cccc2)c1.[Ir]. The Morgan fingerprint density at radius 3 is 2.15 bits per heavy atom.